The van der Waals surface area contributed by atoms with Crippen molar-refractivity contribution in [3.05, 3.63) is 0 Å². The Bertz CT molecular complexity index is 53.5. The standard InChI is InChI=1S/C7H18N2.C2H6/c1-7(2)9-6-4-3-5-8;1-2/h7,9H,3-6,8H2,1-2H3;1-2H3. The third-order valence-electron chi connectivity index (χ3n) is 1.18. The first kappa shape index (κ1) is 13.5. The summed E-state index contributed by atoms with van der Waals surface area (Å²) in [4.78, 5) is 0. The van der Waals surface area contributed by atoms with Crippen molar-refractivity contribution < 1.29 is 0 Å². The zero-order valence-electron chi connectivity index (χ0n) is 8.48. The van der Waals surface area contributed by atoms with Gasteiger partial charge in [0.15, 0.2) is 0 Å². The van der Waals surface area contributed by atoms with Crippen molar-refractivity contribution in [2.45, 2.75) is 46.6 Å². The fourth-order valence-electron chi connectivity index (χ4n) is 0.660. The van der Waals surface area contributed by atoms with Crippen molar-refractivity contribution >= 4 is 0 Å². The van der Waals surface area contributed by atoms with Crippen molar-refractivity contribution in [3.8, 4) is 0 Å². The molecule has 0 radical (unpaired) electrons. The predicted octanol–water partition coefficient (Wildman–Crippen LogP) is 1.75. The highest BCUT2D eigenvalue weighted by Gasteiger charge is 1.89. The van der Waals surface area contributed by atoms with Gasteiger partial charge < -0.3 is 11.1 Å². The summed E-state index contributed by atoms with van der Waals surface area (Å²) >= 11 is 0. The molecule has 2 heteroatoms. The van der Waals surface area contributed by atoms with Crippen molar-refractivity contribution in [1.82, 2.24) is 5.32 Å². The second kappa shape index (κ2) is 12.6. The highest BCUT2D eigenvalue weighted by Crippen LogP contribution is 1.83. The van der Waals surface area contributed by atoms with Gasteiger partial charge in [-0.05, 0) is 25.9 Å². The molecule has 0 unspecified atom stereocenters. The van der Waals surface area contributed by atoms with Crippen LogP contribution in [0.15, 0.2) is 0 Å². The number of hydrogen-bond donors (Lipinski definition) is 2. The molecule has 70 valence electrons. The van der Waals surface area contributed by atoms with Crippen LogP contribution in [0.1, 0.15) is 40.5 Å². The van der Waals surface area contributed by atoms with Crippen LogP contribution in [0, 0.1) is 0 Å². The quantitative estimate of drug-likeness (QED) is 0.601. The normalized spacial score (nSPS) is 9.27. The first-order chi connectivity index (χ1) is 5.27. The number of nitrogens with one attached hydrogen (secondary N) is 1. The van der Waals surface area contributed by atoms with Crippen molar-refractivity contribution in [1.29, 1.82) is 0 Å². The average molecular weight is 160 g/mol. The molecule has 11 heavy (non-hydrogen) atoms. The summed E-state index contributed by atoms with van der Waals surface area (Å²) in [6.07, 6.45) is 2.34. The van der Waals surface area contributed by atoms with Gasteiger partial charge in [0.25, 0.3) is 0 Å². The first-order valence-electron chi connectivity index (χ1n) is 4.71. The summed E-state index contributed by atoms with van der Waals surface area (Å²) in [7, 11) is 0. The van der Waals surface area contributed by atoms with Crippen molar-refractivity contribution in [2.75, 3.05) is 13.1 Å². The molecule has 0 atom stereocenters. The van der Waals surface area contributed by atoms with Gasteiger partial charge in [0.1, 0.15) is 0 Å². The van der Waals surface area contributed by atoms with Crippen LogP contribution in [0.25, 0.3) is 0 Å². The second-order valence-electron chi connectivity index (χ2n) is 2.60. The summed E-state index contributed by atoms with van der Waals surface area (Å²) in [6.45, 7) is 10.2. The number of nitrogens with two attached hydrogens (primary N) is 1. The van der Waals surface area contributed by atoms with E-state index in [4.69, 9.17) is 5.73 Å². The van der Waals surface area contributed by atoms with E-state index in [0.717, 1.165) is 19.5 Å². The van der Waals surface area contributed by atoms with E-state index < -0.39 is 0 Å². The van der Waals surface area contributed by atoms with E-state index in [2.05, 4.69) is 19.2 Å². The lowest BCUT2D eigenvalue weighted by Gasteiger charge is -2.05. The minimum Gasteiger partial charge on any atom is -0.330 e. The lowest BCUT2D eigenvalue weighted by molar-refractivity contribution is 0.560. The van der Waals surface area contributed by atoms with Crippen LogP contribution in [0.4, 0.5) is 0 Å². The SMILES string of the molecule is CC.CC(C)NCCCCN. The van der Waals surface area contributed by atoms with Gasteiger partial charge in [-0.15, -0.1) is 0 Å². The van der Waals surface area contributed by atoms with Crippen molar-refractivity contribution in [3.63, 3.8) is 0 Å². The molecule has 0 spiro atoms. The molecule has 0 aromatic carbocycles. The van der Waals surface area contributed by atoms with Crippen molar-refractivity contribution in [2.24, 2.45) is 5.73 Å². The molecule has 0 saturated carbocycles. The molecular weight excluding hydrogens is 136 g/mol. The van der Waals surface area contributed by atoms with Gasteiger partial charge in [0, 0.05) is 6.04 Å². The Labute approximate surface area is 71.6 Å². The average Bonchev–Trinajstić information content (AvgIpc) is 2.02. The van der Waals surface area contributed by atoms with E-state index in [1.165, 1.54) is 6.42 Å². The van der Waals surface area contributed by atoms with Crippen LogP contribution >= 0.6 is 0 Å². The molecule has 0 heterocycles. The zero-order chi connectivity index (χ0) is 9.11. The number of unbranched alkanes of at least 4 members (excludes halogenated alkanes) is 1. The second-order valence-corrected chi connectivity index (χ2v) is 2.60. The Morgan fingerprint density at radius 1 is 1.18 bits per heavy atom. The summed E-state index contributed by atoms with van der Waals surface area (Å²) in [6, 6.07) is 0.614. The molecule has 0 aliphatic heterocycles. The molecule has 0 aliphatic rings. The van der Waals surface area contributed by atoms with E-state index in [9.17, 15) is 0 Å². The van der Waals surface area contributed by atoms with Crippen LogP contribution in [-0.4, -0.2) is 19.1 Å². The Morgan fingerprint density at radius 2 is 1.73 bits per heavy atom. The maximum absolute atomic E-state index is 5.32. The number of rotatable bonds is 5. The van der Waals surface area contributed by atoms with Gasteiger partial charge in [0.2, 0.25) is 0 Å². The van der Waals surface area contributed by atoms with E-state index >= 15 is 0 Å². The molecule has 2 nitrogen and oxygen atoms in total. The maximum Gasteiger partial charge on any atom is 0.00103 e. The van der Waals surface area contributed by atoms with Crippen LogP contribution < -0.4 is 11.1 Å². The Balaban J connectivity index is 0. The Hall–Kier alpha value is -0.0800. The molecule has 0 amide bonds. The lowest BCUT2D eigenvalue weighted by Crippen LogP contribution is -2.24. The predicted molar refractivity (Wildman–Crippen MR) is 52.8 cm³/mol. The zero-order valence-corrected chi connectivity index (χ0v) is 8.48. The molecule has 0 bridgehead atoms. The van der Waals surface area contributed by atoms with Gasteiger partial charge >= 0.3 is 0 Å². The van der Waals surface area contributed by atoms with Gasteiger partial charge in [-0.1, -0.05) is 27.7 Å². The van der Waals surface area contributed by atoms with E-state index in [1.54, 1.807) is 0 Å². The summed E-state index contributed by atoms with van der Waals surface area (Å²) < 4.78 is 0. The van der Waals surface area contributed by atoms with Crippen LogP contribution in [0.5, 0.6) is 0 Å². The third kappa shape index (κ3) is 17.8. The molecule has 0 fully saturated rings. The molecule has 0 rings (SSSR count). The van der Waals surface area contributed by atoms with E-state index in [0.29, 0.717) is 6.04 Å². The minimum atomic E-state index is 0.614. The molecule has 0 aromatic heterocycles. The third-order valence-corrected chi connectivity index (χ3v) is 1.18. The van der Waals surface area contributed by atoms with Crippen LogP contribution in [0.2, 0.25) is 0 Å². The molecule has 0 aromatic rings. The largest absolute Gasteiger partial charge is 0.330 e. The smallest absolute Gasteiger partial charge is 0.00103 e. The highest BCUT2D eigenvalue weighted by atomic mass is 14.9. The fourth-order valence-corrected chi connectivity index (χ4v) is 0.660. The Morgan fingerprint density at radius 3 is 2.09 bits per heavy atom. The molecule has 3 N–H and O–H groups in total. The fraction of sp³-hybridized carbons (Fsp3) is 1.00. The Kier molecular flexibility index (Phi) is 15.4. The first-order valence-corrected chi connectivity index (χ1v) is 4.71. The van der Waals surface area contributed by atoms with Gasteiger partial charge in [-0.2, -0.15) is 0 Å². The van der Waals surface area contributed by atoms with Gasteiger partial charge in [0.05, 0.1) is 0 Å². The molecule has 0 saturated heterocycles. The molecular formula is C9H24N2. The van der Waals surface area contributed by atoms with Gasteiger partial charge in [-0.25, -0.2) is 0 Å². The summed E-state index contributed by atoms with van der Waals surface area (Å²) in [5.41, 5.74) is 5.32. The van der Waals surface area contributed by atoms with E-state index in [-0.39, 0.29) is 0 Å². The monoisotopic (exact) mass is 160 g/mol. The topological polar surface area (TPSA) is 38.0 Å². The summed E-state index contributed by atoms with van der Waals surface area (Å²) in [5.74, 6) is 0. The number of hydrogen-bond acceptors (Lipinski definition) is 2. The minimum absolute atomic E-state index is 0.614. The van der Waals surface area contributed by atoms with E-state index in [1.807, 2.05) is 13.8 Å². The lowest BCUT2D eigenvalue weighted by atomic mass is 10.3. The highest BCUT2D eigenvalue weighted by molar-refractivity contribution is 4.52. The summed E-state index contributed by atoms with van der Waals surface area (Å²) in [5, 5.41) is 3.32. The van der Waals surface area contributed by atoms with Crippen LogP contribution in [0.3, 0.4) is 0 Å². The van der Waals surface area contributed by atoms with Crippen LogP contribution in [-0.2, 0) is 0 Å². The maximum atomic E-state index is 5.32. The molecule has 0 aliphatic carbocycles. The van der Waals surface area contributed by atoms with Gasteiger partial charge in [-0.3, -0.25) is 0 Å².